The molecule has 0 aliphatic heterocycles. The average molecular weight is 461 g/mol. The van der Waals surface area contributed by atoms with Crippen LogP contribution in [-0.2, 0) is 10.5 Å². The number of thioether (sulfide) groups is 1. The number of hydrogen-bond donors (Lipinski definition) is 2. The van der Waals surface area contributed by atoms with Gasteiger partial charge in [-0.25, -0.2) is 4.79 Å². The van der Waals surface area contributed by atoms with Crippen LogP contribution >= 0.6 is 11.8 Å². The third-order valence-electron chi connectivity index (χ3n) is 4.42. The van der Waals surface area contributed by atoms with Crippen LogP contribution in [0.25, 0.3) is 0 Å². The van der Waals surface area contributed by atoms with Crippen molar-refractivity contribution in [2.24, 2.45) is 0 Å². The first-order valence-electron chi connectivity index (χ1n) is 9.65. The SMILES string of the molecule is C=C(CNC)SCc1cc(NC(=O)c2cc(OC)c(OC)c(OC)c2)cc(C(=O)OC)c1. The number of methoxy groups -OCH3 is 4. The summed E-state index contributed by atoms with van der Waals surface area (Å²) < 4.78 is 20.8. The third-order valence-corrected chi connectivity index (χ3v) is 5.45. The van der Waals surface area contributed by atoms with Crippen molar-refractivity contribution in [3.63, 3.8) is 0 Å². The van der Waals surface area contributed by atoms with Crippen molar-refractivity contribution in [1.82, 2.24) is 5.32 Å². The molecule has 0 aliphatic rings. The van der Waals surface area contributed by atoms with Crippen molar-refractivity contribution in [2.75, 3.05) is 47.3 Å². The Morgan fingerprint density at radius 3 is 2.12 bits per heavy atom. The van der Waals surface area contributed by atoms with E-state index in [1.54, 1.807) is 36.0 Å². The van der Waals surface area contributed by atoms with Crippen molar-refractivity contribution in [2.45, 2.75) is 5.75 Å². The van der Waals surface area contributed by atoms with E-state index in [1.807, 2.05) is 13.1 Å². The molecule has 2 rings (SSSR count). The zero-order valence-corrected chi connectivity index (χ0v) is 19.7. The van der Waals surface area contributed by atoms with Gasteiger partial charge in [0, 0.05) is 23.5 Å². The monoisotopic (exact) mass is 460 g/mol. The number of carbonyl (C=O) groups is 2. The molecule has 0 heterocycles. The first kappa shape index (κ1) is 25.1. The zero-order chi connectivity index (χ0) is 23.7. The predicted molar refractivity (Wildman–Crippen MR) is 126 cm³/mol. The lowest BCUT2D eigenvalue weighted by atomic mass is 10.1. The summed E-state index contributed by atoms with van der Waals surface area (Å²) in [5, 5.41) is 5.87. The molecule has 0 unspecified atom stereocenters. The fourth-order valence-corrected chi connectivity index (χ4v) is 3.72. The lowest BCUT2D eigenvalue weighted by Crippen LogP contribution is -2.14. The summed E-state index contributed by atoms with van der Waals surface area (Å²) in [4.78, 5) is 26.0. The third kappa shape index (κ3) is 6.41. The molecular formula is C23H28N2O6S. The molecule has 0 aromatic heterocycles. The van der Waals surface area contributed by atoms with E-state index >= 15 is 0 Å². The van der Waals surface area contributed by atoms with Gasteiger partial charge < -0.3 is 29.6 Å². The smallest absolute Gasteiger partial charge is 0.337 e. The van der Waals surface area contributed by atoms with E-state index in [1.165, 1.54) is 28.4 Å². The molecule has 0 atom stereocenters. The summed E-state index contributed by atoms with van der Waals surface area (Å²) in [6.07, 6.45) is 0. The highest BCUT2D eigenvalue weighted by molar-refractivity contribution is 8.02. The predicted octanol–water partition coefficient (Wildman–Crippen LogP) is 3.72. The van der Waals surface area contributed by atoms with Gasteiger partial charge in [0.15, 0.2) is 11.5 Å². The Labute approximate surface area is 192 Å². The fraction of sp³-hybridized carbons (Fsp3) is 0.304. The summed E-state index contributed by atoms with van der Waals surface area (Å²) in [5.41, 5.74) is 1.95. The van der Waals surface area contributed by atoms with Crippen LogP contribution in [0.3, 0.4) is 0 Å². The van der Waals surface area contributed by atoms with Gasteiger partial charge in [0.1, 0.15) is 0 Å². The van der Waals surface area contributed by atoms with Crippen LogP contribution in [0.5, 0.6) is 17.2 Å². The highest BCUT2D eigenvalue weighted by Crippen LogP contribution is 2.38. The number of hydrogen-bond acceptors (Lipinski definition) is 8. The molecule has 0 fully saturated rings. The van der Waals surface area contributed by atoms with Crippen LogP contribution in [-0.4, -0.2) is 53.9 Å². The van der Waals surface area contributed by atoms with Gasteiger partial charge >= 0.3 is 5.97 Å². The Balaban J connectivity index is 2.34. The van der Waals surface area contributed by atoms with Gasteiger partial charge in [0.05, 0.1) is 34.0 Å². The Bertz CT molecular complexity index is 967. The fourth-order valence-electron chi connectivity index (χ4n) is 2.93. The second-order valence-corrected chi connectivity index (χ2v) is 7.79. The highest BCUT2D eigenvalue weighted by atomic mass is 32.2. The molecule has 2 N–H and O–H groups in total. The second kappa shape index (κ2) is 12.0. The zero-order valence-electron chi connectivity index (χ0n) is 18.9. The Hall–Kier alpha value is -3.17. The number of ether oxygens (including phenoxy) is 4. The first-order chi connectivity index (χ1) is 15.4. The van der Waals surface area contributed by atoms with Crippen LogP contribution in [0.1, 0.15) is 26.3 Å². The lowest BCUT2D eigenvalue weighted by Gasteiger charge is -2.15. The molecule has 0 saturated carbocycles. The minimum atomic E-state index is -0.491. The minimum Gasteiger partial charge on any atom is -0.493 e. The molecule has 1 amide bonds. The highest BCUT2D eigenvalue weighted by Gasteiger charge is 2.18. The van der Waals surface area contributed by atoms with Crippen molar-refractivity contribution in [1.29, 1.82) is 0 Å². The quantitative estimate of drug-likeness (QED) is 0.490. The van der Waals surface area contributed by atoms with Gasteiger partial charge in [-0.15, -0.1) is 11.8 Å². The lowest BCUT2D eigenvalue weighted by molar-refractivity contribution is 0.0600. The molecule has 9 heteroatoms. The normalized spacial score (nSPS) is 10.3. The molecule has 8 nitrogen and oxygen atoms in total. The molecular weight excluding hydrogens is 432 g/mol. The maximum absolute atomic E-state index is 13.0. The molecule has 0 bridgehead atoms. The second-order valence-electron chi connectivity index (χ2n) is 6.64. The minimum absolute atomic E-state index is 0.307. The van der Waals surface area contributed by atoms with E-state index < -0.39 is 11.9 Å². The van der Waals surface area contributed by atoms with E-state index in [-0.39, 0.29) is 0 Å². The van der Waals surface area contributed by atoms with Gasteiger partial charge in [-0.1, -0.05) is 6.58 Å². The van der Waals surface area contributed by atoms with Crippen LogP contribution in [0.4, 0.5) is 5.69 Å². The summed E-state index contributed by atoms with van der Waals surface area (Å²) in [6.45, 7) is 4.67. The topological polar surface area (TPSA) is 95.1 Å². The van der Waals surface area contributed by atoms with Crippen molar-refractivity contribution in [3.05, 3.63) is 58.5 Å². The van der Waals surface area contributed by atoms with E-state index in [4.69, 9.17) is 18.9 Å². The maximum Gasteiger partial charge on any atom is 0.337 e. The van der Waals surface area contributed by atoms with Crippen LogP contribution < -0.4 is 24.8 Å². The van der Waals surface area contributed by atoms with E-state index in [0.29, 0.717) is 46.4 Å². The number of carbonyl (C=O) groups excluding carboxylic acids is 2. The molecule has 2 aromatic carbocycles. The van der Waals surface area contributed by atoms with E-state index in [9.17, 15) is 9.59 Å². The molecule has 32 heavy (non-hydrogen) atoms. The summed E-state index contributed by atoms with van der Waals surface area (Å²) in [6, 6.07) is 8.22. The summed E-state index contributed by atoms with van der Waals surface area (Å²) in [7, 11) is 7.60. The van der Waals surface area contributed by atoms with Gasteiger partial charge in [0.2, 0.25) is 5.75 Å². The van der Waals surface area contributed by atoms with Crippen LogP contribution in [0, 0.1) is 0 Å². The van der Waals surface area contributed by atoms with Gasteiger partial charge in [-0.3, -0.25) is 4.79 Å². The Kier molecular flexibility index (Phi) is 9.42. The first-order valence-corrected chi connectivity index (χ1v) is 10.6. The molecule has 0 radical (unpaired) electrons. The van der Waals surface area contributed by atoms with Crippen molar-refractivity contribution < 1.29 is 28.5 Å². The molecule has 0 saturated heterocycles. The summed E-state index contributed by atoms with van der Waals surface area (Å²) in [5.74, 6) is 0.804. The number of rotatable bonds is 11. The number of benzene rings is 2. The Morgan fingerprint density at radius 2 is 1.59 bits per heavy atom. The number of likely N-dealkylation sites (N-methyl/N-ethyl adjacent to an activating group) is 1. The standard InChI is InChI=1S/C23H28N2O6S/c1-14(12-24-2)32-13-15-7-17(23(27)31-6)9-18(8-15)25-22(26)16-10-19(28-3)21(30-5)20(11-16)29-4/h7-11,24H,1,12-13H2,2-6H3,(H,25,26). The molecule has 0 aliphatic carbocycles. The largest absolute Gasteiger partial charge is 0.493 e. The Morgan fingerprint density at radius 1 is 0.938 bits per heavy atom. The molecule has 2 aromatic rings. The average Bonchev–Trinajstić information content (AvgIpc) is 2.81. The van der Waals surface area contributed by atoms with E-state index in [0.717, 1.165) is 10.5 Å². The number of amides is 1. The van der Waals surface area contributed by atoms with Crippen LogP contribution in [0.15, 0.2) is 41.8 Å². The molecule has 0 spiro atoms. The number of esters is 1. The van der Waals surface area contributed by atoms with E-state index in [2.05, 4.69) is 17.2 Å². The van der Waals surface area contributed by atoms with Crippen LogP contribution in [0.2, 0.25) is 0 Å². The van der Waals surface area contributed by atoms with Gasteiger partial charge in [-0.2, -0.15) is 0 Å². The number of nitrogens with one attached hydrogen (secondary N) is 2. The number of anilines is 1. The van der Waals surface area contributed by atoms with Crippen molar-refractivity contribution >= 4 is 29.3 Å². The van der Waals surface area contributed by atoms with Gasteiger partial charge in [0.25, 0.3) is 5.91 Å². The maximum atomic E-state index is 13.0. The molecule has 172 valence electrons. The van der Waals surface area contributed by atoms with Gasteiger partial charge in [-0.05, 0) is 47.8 Å². The van der Waals surface area contributed by atoms with Crippen molar-refractivity contribution in [3.8, 4) is 17.2 Å². The summed E-state index contributed by atoms with van der Waals surface area (Å²) >= 11 is 1.55.